The Morgan fingerprint density at radius 1 is 0.930 bits per heavy atom. The van der Waals surface area contributed by atoms with E-state index < -0.39 is 10.0 Å². The minimum Gasteiger partial charge on any atom is -0.495 e. The Hall–Kier alpha value is -3.00. The first-order valence-corrected chi connectivity index (χ1v) is 16.2. The first kappa shape index (κ1) is 31.4. The first-order valence-electron chi connectivity index (χ1n) is 14.4. The van der Waals surface area contributed by atoms with Gasteiger partial charge in [-0.3, -0.25) is 4.90 Å². The van der Waals surface area contributed by atoms with Gasteiger partial charge in [-0.2, -0.15) is 9.29 Å². The molecule has 0 aliphatic carbocycles. The number of nitrogens with one attached hydrogen (secondary N) is 2. The van der Waals surface area contributed by atoms with Crippen molar-refractivity contribution < 1.29 is 22.6 Å². The summed E-state index contributed by atoms with van der Waals surface area (Å²) < 4.78 is 44.8. The fraction of sp³-hybridized carbons (Fsp3) is 0.467. The van der Waals surface area contributed by atoms with Gasteiger partial charge in [0.2, 0.25) is 16.0 Å². The van der Waals surface area contributed by atoms with E-state index in [1.54, 1.807) is 45.6 Å². The summed E-state index contributed by atoms with van der Waals surface area (Å²) >= 11 is 6.48. The average molecular weight is 631 g/mol. The van der Waals surface area contributed by atoms with Gasteiger partial charge in [-0.1, -0.05) is 23.7 Å². The number of para-hydroxylation sites is 1. The number of ether oxygens (including phenoxy) is 3. The number of halogens is 1. The number of methoxy groups -OCH3 is 3. The molecular weight excluding hydrogens is 592 g/mol. The minimum atomic E-state index is -3.66. The SMILES string of the molecule is COCC(COC)N1CCc2cc(Nc3ncc(Cl)c(Nc4ccccc4S(=O)(=O)N4CCCC4)n3)c(OC)cc2CC1. The van der Waals surface area contributed by atoms with Gasteiger partial charge in [0, 0.05) is 40.4 Å². The second kappa shape index (κ2) is 14.2. The molecule has 1 saturated heterocycles. The number of sulfonamides is 1. The first-order chi connectivity index (χ1) is 20.8. The van der Waals surface area contributed by atoms with Crippen molar-refractivity contribution in [2.45, 2.75) is 36.6 Å². The second-order valence-corrected chi connectivity index (χ2v) is 13.0. The number of nitrogens with zero attached hydrogens (tertiary/aromatic N) is 4. The lowest BCUT2D eigenvalue weighted by molar-refractivity contribution is 0.0377. The molecule has 13 heteroatoms. The van der Waals surface area contributed by atoms with Gasteiger partial charge in [-0.15, -0.1) is 0 Å². The van der Waals surface area contributed by atoms with E-state index in [9.17, 15) is 8.42 Å². The number of hydrogen-bond acceptors (Lipinski definition) is 10. The van der Waals surface area contributed by atoms with E-state index in [2.05, 4.69) is 37.6 Å². The molecule has 1 aromatic heterocycles. The standard InChI is InChI=1S/C30H39ClN6O5S/c1-40-19-23(20-41-2)36-14-10-21-16-26(27(42-3)17-22(21)11-15-36)34-30-32-18-24(31)29(35-30)33-25-8-4-5-9-28(25)43(38,39)37-12-6-7-13-37/h4-5,8-9,16-18,23H,6-7,10-15,19-20H2,1-3H3,(H2,32,33,34,35). The maximum atomic E-state index is 13.4. The van der Waals surface area contributed by atoms with Crippen LogP contribution in [0.15, 0.2) is 47.5 Å². The van der Waals surface area contributed by atoms with Crippen molar-refractivity contribution in [2.75, 3.05) is 71.4 Å². The highest BCUT2D eigenvalue weighted by molar-refractivity contribution is 7.89. The predicted octanol–water partition coefficient (Wildman–Crippen LogP) is 4.47. The molecule has 5 rings (SSSR count). The Labute approximate surface area is 258 Å². The molecule has 232 valence electrons. The number of rotatable bonds is 12. The van der Waals surface area contributed by atoms with Crippen LogP contribution in [0.25, 0.3) is 0 Å². The molecule has 1 fully saturated rings. The fourth-order valence-corrected chi connectivity index (χ4v) is 7.48. The van der Waals surface area contributed by atoms with Gasteiger partial charge in [0.25, 0.3) is 0 Å². The third-order valence-electron chi connectivity index (χ3n) is 7.91. The Balaban J connectivity index is 1.37. The Bertz CT molecular complexity index is 1510. The Kier molecular flexibility index (Phi) is 10.4. The monoisotopic (exact) mass is 630 g/mol. The maximum absolute atomic E-state index is 13.4. The lowest BCUT2D eigenvalue weighted by Gasteiger charge is -2.29. The lowest BCUT2D eigenvalue weighted by atomic mass is 10.0. The molecule has 2 aliphatic heterocycles. The lowest BCUT2D eigenvalue weighted by Crippen LogP contribution is -2.43. The van der Waals surface area contributed by atoms with Crippen molar-refractivity contribution in [3.8, 4) is 5.75 Å². The minimum absolute atomic E-state index is 0.181. The van der Waals surface area contributed by atoms with E-state index in [1.807, 2.05) is 0 Å². The normalized spacial score (nSPS) is 16.2. The Morgan fingerprint density at radius 2 is 1.60 bits per heavy atom. The van der Waals surface area contributed by atoms with Crippen molar-refractivity contribution in [1.82, 2.24) is 19.2 Å². The van der Waals surface area contributed by atoms with Gasteiger partial charge in [-0.05, 0) is 61.1 Å². The summed E-state index contributed by atoms with van der Waals surface area (Å²) in [7, 11) is 1.40. The molecule has 0 spiro atoms. The smallest absolute Gasteiger partial charge is 0.245 e. The van der Waals surface area contributed by atoms with Gasteiger partial charge in [-0.25, -0.2) is 13.4 Å². The molecule has 0 unspecified atom stereocenters. The van der Waals surface area contributed by atoms with Crippen LogP contribution in [0.1, 0.15) is 24.0 Å². The van der Waals surface area contributed by atoms with Crippen LogP contribution >= 0.6 is 11.6 Å². The highest BCUT2D eigenvalue weighted by Gasteiger charge is 2.29. The number of aromatic nitrogens is 2. The topological polar surface area (TPSA) is 118 Å². The Morgan fingerprint density at radius 3 is 2.28 bits per heavy atom. The van der Waals surface area contributed by atoms with Crippen LogP contribution in [0.3, 0.4) is 0 Å². The highest BCUT2D eigenvalue weighted by Crippen LogP contribution is 2.35. The predicted molar refractivity (Wildman–Crippen MR) is 168 cm³/mol. The highest BCUT2D eigenvalue weighted by atomic mass is 35.5. The molecule has 0 amide bonds. The molecule has 2 N–H and O–H groups in total. The van der Waals surface area contributed by atoms with Gasteiger partial charge < -0.3 is 24.8 Å². The van der Waals surface area contributed by atoms with E-state index in [0.717, 1.165) is 44.5 Å². The van der Waals surface area contributed by atoms with E-state index in [4.69, 9.17) is 25.8 Å². The summed E-state index contributed by atoms with van der Waals surface area (Å²) in [5.74, 6) is 1.25. The molecule has 11 nitrogen and oxygen atoms in total. The van der Waals surface area contributed by atoms with Gasteiger partial charge >= 0.3 is 0 Å². The molecule has 0 radical (unpaired) electrons. The molecule has 0 atom stereocenters. The summed E-state index contributed by atoms with van der Waals surface area (Å²) in [5.41, 5.74) is 3.57. The van der Waals surface area contributed by atoms with Crippen LogP contribution in [0.2, 0.25) is 5.02 Å². The zero-order chi connectivity index (χ0) is 30.4. The number of anilines is 4. The van der Waals surface area contributed by atoms with E-state index in [-0.39, 0.29) is 21.8 Å². The molecule has 2 aromatic carbocycles. The summed E-state index contributed by atoms with van der Waals surface area (Å²) in [4.78, 5) is 11.6. The number of benzene rings is 2. The third kappa shape index (κ3) is 7.22. The van der Waals surface area contributed by atoms with Crippen LogP contribution in [0, 0.1) is 0 Å². The van der Waals surface area contributed by atoms with E-state index in [0.29, 0.717) is 43.7 Å². The van der Waals surface area contributed by atoms with Crippen molar-refractivity contribution in [1.29, 1.82) is 0 Å². The number of hydrogen-bond donors (Lipinski definition) is 2. The second-order valence-electron chi connectivity index (χ2n) is 10.7. The van der Waals surface area contributed by atoms with Gasteiger partial charge in [0.1, 0.15) is 15.7 Å². The molecule has 0 bridgehead atoms. The summed E-state index contributed by atoms with van der Waals surface area (Å²) in [6, 6.07) is 11.1. The molecule has 2 aliphatic rings. The summed E-state index contributed by atoms with van der Waals surface area (Å²) in [6.07, 6.45) is 4.92. The van der Waals surface area contributed by atoms with Crippen LogP contribution in [-0.4, -0.2) is 94.4 Å². The van der Waals surface area contributed by atoms with Crippen LogP contribution in [0.4, 0.5) is 23.1 Å². The van der Waals surface area contributed by atoms with E-state index in [1.165, 1.54) is 21.6 Å². The van der Waals surface area contributed by atoms with Crippen LogP contribution in [0.5, 0.6) is 5.75 Å². The zero-order valence-electron chi connectivity index (χ0n) is 24.8. The van der Waals surface area contributed by atoms with E-state index >= 15 is 0 Å². The summed E-state index contributed by atoms with van der Waals surface area (Å²) in [6.45, 7) is 4.02. The molecular formula is C30H39ClN6O5S. The van der Waals surface area contributed by atoms with Crippen molar-refractivity contribution in [2.24, 2.45) is 0 Å². The van der Waals surface area contributed by atoms with Crippen molar-refractivity contribution >= 4 is 44.8 Å². The molecule has 3 heterocycles. The van der Waals surface area contributed by atoms with Crippen LogP contribution in [-0.2, 0) is 32.3 Å². The molecule has 0 saturated carbocycles. The zero-order valence-corrected chi connectivity index (χ0v) is 26.4. The average Bonchev–Trinajstić information content (AvgIpc) is 3.48. The molecule has 3 aromatic rings. The van der Waals surface area contributed by atoms with Gasteiger partial charge in [0.15, 0.2) is 5.82 Å². The largest absolute Gasteiger partial charge is 0.495 e. The quantitative estimate of drug-likeness (QED) is 0.297. The fourth-order valence-electron chi connectivity index (χ4n) is 5.67. The third-order valence-corrected chi connectivity index (χ3v) is 10.1. The maximum Gasteiger partial charge on any atom is 0.245 e. The van der Waals surface area contributed by atoms with Gasteiger partial charge in [0.05, 0.1) is 43.9 Å². The summed E-state index contributed by atoms with van der Waals surface area (Å²) in [5, 5.41) is 6.68. The van der Waals surface area contributed by atoms with Crippen molar-refractivity contribution in [3.05, 3.63) is 58.7 Å². The molecule has 43 heavy (non-hydrogen) atoms. The van der Waals surface area contributed by atoms with Crippen molar-refractivity contribution in [3.63, 3.8) is 0 Å². The van der Waals surface area contributed by atoms with Crippen LogP contribution < -0.4 is 15.4 Å². The number of fused-ring (bicyclic) bond motifs is 1.